The van der Waals surface area contributed by atoms with Gasteiger partial charge >= 0.3 is 5.97 Å². The quantitative estimate of drug-likeness (QED) is 0.779. The Morgan fingerprint density at radius 3 is 2.43 bits per heavy atom. The van der Waals surface area contributed by atoms with Crippen LogP contribution in [0.2, 0.25) is 5.02 Å². The summed E-state index contributed by atoms with van der Waals surface area (Å²) in [5.41, 5.74) is 0.0677. The van der Waals surface area contributed by atoms with Crippen LogP contribution in [0.15, 0.2) is 12.1 Å². The van der Waals surface area contributed by atoms with E-state index in [2.05, 4.69) is 0 Å². The number of aliphatic carboxylic acids is 1. The molecule has 1 aromatic carbocycles. The third-order valence-electron chi connectivity index (χ3n) is 1.88. The minimum Gasteiger partial charge on any atom is -0.481 e. The van der Waals surface area contributed by atoms with E-state index in [1.807, 2.05) is 0 Å². The lowest BCUT2D eigenvalue weighted by Crippen LogP contribution is -2.08. The van der Waals surface area contributed by atoms with Crippen LogP contribution in [-0.2, 0) is 4.79 Å². The Morgan fingerprint density at radius 2 is 1.93 bits per heavy atom. The highest BCUT2D eigenvalue weighted by Gasteiger charge is 2.19. The fourth-order valence-corrected chi connectivity index (χ4v) is 1.32. The third kappa shape index (κ3) is 2.01. The van der Waals surface area contributed by atoms with E-state index in [-0.39, 0.29) is 10.6 Å². The van der Waals surface area contributed by atoms with E-state index >= 15 is 0 Å². The van der Waals surface area contributed by atoms with E-state index in [1.165, 1.54) is 6.92 Å². The summed E-state index contributed by atoms with van der Waals surface area (Å²) in [6.07, 6.45) is 0. The van der Waals surface area contributed by atoms with E-state index in [9.17, 15) is 13.6 Å². The normalized spacial score (nSPS) is 12.6. The zero-order chi connectivity index (χ0) is 10.9. The first-order valence-corrected chi connectivity index (χ1v) is 4.18. The van der Waals surface area contributed by atoms with Gasteiger partial charge in [-0.15, -0.1) is 0 Å². The molecule has 0 fully saturated rings. The van der Waals surface area contributed by atoms with Gasteiger partial charge in [-0.05, 0) is 24.6 Å². The molecule has 0 spiro atoms. The van der Waals surface area contributed by atoms with Crippen LogP contribution >= 0.6 is 11.6 Å². The van der Waals surface area contributed by atoms with Crippen LogP contribution in [0.4, 0.5) is 8.78 Å². The summed E-state index contributed by atoms with van der Waals surface area (Å²) in [6.45, 7) is 1.35. The van der Waals surface area contributed by atoms with Gasteiger partial charge in [0.05, 0.1) is 5.92 Å². The standard InChI is InChI=1S/C9H7ClF2O2/c1-4(9(13)14)5-2-7(11)8(12)3-6(5)10/h2-4H,1H3,(H,13,14). The lowest BCUT2D eigenvalue weighted by atomic mass is 10.0. The predicted octanol–water partition coefficient (Wildman–Crippen LogP) is 2.81. The molecule has 76 valence electrons. The van der Waals surface area contributed by atoms with Crippen molar-refractivity contribution in [1.82, 2.24) is 0 Å². The van der Waals surface area contributed by atoms with E-state index in [4.69, 9.17) is 16.7 Å². The molecule has 2 nitrogen and oxygen atoms in total. The molecule has 0 aromatic heterocycles. The molecular formula is C9H7ClF2O2. The van der Waals surface area contributed by atoms with Gasteiger partial charge in [0.15, 0.2) is 11.6 Å². The molecule has 0 aliphatic rings. The number of rotatable bonds is 2. The van der Waals surface area contributed by atoms with Crippen molar-refractivity contribution < 1.29 is 18.7 Å². The van der Waals surface area contributed by atoms with Gasteiger partial charge in [0.1, 0.15) is 0 Å². The molecule has 0 heterocycles. The van der Waals surface area contributed by atoms with Crippen LogP contribution in [0, 0.1) is 11.6 Å². The van der Waals surface area contributed by atoms with Crippen LogP contribution in [0.1, 0.15) is 18.4 Å². The van der Waals surface area contributed by atoms with Gasteiger partial charge < -0.3 is 5.11 Å². The molecule has 0 aliphatic heterocycles. The van der Waals surface area contributed by atoms with Gasteiger partial charge in [0.2, 0.25) is 0 Å². The monoisotopic (exact) mass is 220 g/mol. The summed E-state index contributed by atoms with van der Waals surface area (Å²) in [7, 11) is 0. The molecule has 1 atom stereocenters. The molecule has 5 heteroatoms. The molecule has 1 aromatic rings. The highest BCUT2D eigenvalue weighted by Crippen LogP contribution is 2.26. The molecule has 1 unspecified atom stereocenters. The average molecular weight is 221 g/mol. The van der Waals surface area contributed by atoms with Gasteiger partial charge in [0.25, 0.3) is 0 Å². The molecule has 1 rings (SSSR count). The molecule has 0 saturated carbocycles. The fraction of sp³-hybridized carbons (Fsp3) is 0.222. The summed E-state index contributed by atoms with van der Waals surface area (Å²) < 4.78 is 25.4. The Labute approximate surface area is 84.1 Å². The summed E-state index contributed by atoms with van der Waals surface area (Å²) in [6, 6.07) is 1.57. The Kier molecular flexibility index (Phi) is 3.06. The Hall–Kier alpha value is -1.16. The molecule has 0 bridgehead atoms. The maximum absolute atomic E-state index is 12.8. The lowest BCUT2D eigenvalue weighted by Gasteiger charge is -2.08. The Balaban J connectivity index is 3.22. The highest BCUT2D eigenvalue weighted by atomic mass is 35.5. The van der Waals surface area contributed by atoms with E-state index in [0.717, 1.165) is 12.1 Å². The predicted molar refractivity (Wildman–Crippen MR) is 47.4 cm³/mol. The topological polar surface area (TPSA) is 37.3 Å². The van der Waals surface area contributed by atoms with E-state index in [0.29, 0.717) is 0 Å². The zero-order valence-corrected chi connectivity index (χ0v) is 7.98. The number of hydrogen-bond donors (Lipinski definition) is 1. The molecule has 0 amide bonds. The van der Waals surface area contributed by atoms with Crippen molar-refractivity contribution in [2.75, 3.05) is 0 Å². The maximum atomic E-state index is 12.8. The van der Waals surface area contributed by atoms with E-state index < -0.39 is 23.5 Å². The minimum atomic E-state index is -1.14. The smallest absolute Gasteiger partial charge is 0.310 e. The van der Waals surface area contributed by atoms with Gasteiger partial charge in [-0.1, -0.05) is 11.6 Å². The number of carboxylic acids is 1. The van der Waals surface area contributed by atoms with Crippen molar-refractivity contribution in [1.29, 1.82) is 0 Å². The largest absolute Gasteiger partial charge is 0.481 e. The van der Waals surface area contributed by atoms with Crippen LogP contribution in [-0.4, -0.2) is 11.1 Å². The molecule has 0 aliphatic carbocycles. The summed E-state index contributed by atoms with van der Waals surface area (Å²) in [5.74, 6) is -4.29. The molecule has 0 radical (unpaired) electrons. The first-order valence-electron chi connectivity index (χ1n) is 3.80. The van der Waals surface area contributed by atoms with Crippen LogP contribution < -0.4 is 0 Å². The van der Waals surface area contributed by atoms with Crippen molar-refractivity contribution in [2.45, 2.75) is 12.8 Å². The van der Waals surface area contributed by atoms with Crippen molar-refractivity contribution in [3.8, 4) is 0 Å². The maximum Gasteiger partial charge on any atom is 0.310 e. The molecule has 14 heavy (non-hydrogen) atoms. The lowest BCUT2D eigenvalue weighted by molar-refractivity contribution is -0.138. The van der Waals surface area contributed by atoms with E-state index in [1.54, 1.807) is 0 Å². The summed E-state index contributed by atoms with van der Waals surface area (Å²) >= 11 is 5.57. The van der Waals surface area contributed by atoms with Crippen LogP contribution in [0.3, 0.4) is 0 Å². The van der Waals surface area contributed by atoms with Crippen molar-refractivity contribution in [3.05, 3.63) is 34.4 Å². The second-order valence-corrected chi connectivity index (χ2v) is 3.25. The first kappa shape index (κ1) is 10.9. The Bertz CT molecular complexity index is 379. The second-order valence-electron chi connectivity index (χ2n) is 2.85. The molecule has 1 N–H and O–H groups in total. The number of carbonyl (C=O) groups is 1. The molecule has 0 saturated heterocycles. The number of benzene rings is 1. The first-order chi connectivity index (χ1) is 6.43. The second kappa shape index (κ2) is 3.92. The Morgan fingerprint density at radius 1 is 1.43 bits per heavy atom. The third-order valence-corrected chi connectivity index (χ3v) is 2.20. The fourth-order valence-electron chi connectivity index (χ4n) is 1.00. The minimum absolute atomic E-state index is 0.0677. The number of carboxylic acid groups (broad SMARTS) is 1. The van der Waals surface area contributed by atoms with Crippen molar-refractivity contribution in [3.63, 3.8) is 0 Å². The van der Waals surface area contributed by atoms with Crippen LogP contribution in [0.25, 0.3) is 0 Å². The van der Waals surface area contributed by atoms with Gasteiger partial charge in [0, 0.05) is 5.02 Å². The average Bonchev–Trinajstić information content (AvgIpc) is 2.10. The van der Waals surface area contributed by atoms with Crippen molar-refractivity contribution >= 4 is 17.6 Å². The molecular weight excluding hydrogens is 214 g/mol. The highest BCUT2D eigenvalue weighted by molar-refractivity contribution is 6.31. The summed E-state index contributed by atoms with van der Waals surface area (Å²) in [4.78, 5) is 10.6. The summed E-state index contributed by atoms with van der Waals surface area (Å²) in [5, 5.41) is 8.56. The van der Waals surface area contributed by atoms with Gasteiger partial charge in [-0.3, -0.25) is 4.79 Å². The van der Waals surface area contributed by atoms with Gasteiger partial charge in [-0.25, -0.2) is 8.78 Å². The van der Waals surface area contributed by atoms with Gasteiger partial charge in [-0.2, -0.15) is 0 Å². The number of hydrogen-bond acceptors (Lipinski definition) is 1. The van der Waals surface area contributed by atoms with Crippen molar-refractivity contribution in [2.24, 2.45) is 0 Å². The van der Waals surface area contributed by atoms with Crippen LogP contribution in [0.5, 0.6) is 0 Å². The number of halogens is 3. The SMILES string of the molecule is CC(C(=O)O)c1cc(F)c(F)cc1Cl. The zero-order valence-electron chi connectivity index (χ0n) is 7.22.